The van der Waals surface area contributed by atoms with Crippen molar-refractivity contribution in [2.75, 3.05) is 24.6 Å². The zero-order valence-corrected chi connectivity index (χ0v) is 13.1. The van der Waals surface area contributed by atoms with Gasteiger partial charge in [-0.2, -0.15) is 22.8 Å². The molecular formula is C14H14ClF3N6. The van der Waals surface area contributed by atoms with Gasteiger partial charge in [-0.3, -0.25) is 0 Å². The maximum atomic E-state index is 13.6. The van der Waals surface area contributed by atoms with Gasteiger partial charge in [0.05, 0.1) is 16.3 Å². The van der Waals surface area contributed by atoms with Crippen LogP contribution in [0.25, 0.3) is 11.3 Å². The predicted octanol–water partition coefficient (Wildman–Crippen LogP) is 2.48. The number of nitrogens with zero attached hydrogens (tertiary/aromatic N) is 3. The Morgan fingerprint density at radius 1 is 1.25 bits per heavy atom. The first kappa shape index (κ1) is 16.6. The highest BCUT2D eigenvalue weighted by atomic mass is 35.5. The molecule has 10 heteroatoms. The van der Waals surface area contributed by atoms with Crippen LogP contribution in [0.3, 0.4) is 0 Å². The molecule has 1 aliphatic rings. The fraction of sp³-hybridized carbons (Fsp3) is 0.286. The summed E-state index contributed by atoms with van der Waals surface area (Å²) >= 11 is 6.19. The minimum Gasteiger partial charge on any atom is -0.368 e. The number of aromatic nitrogens is 3. The van der Waals surface area contributed by atoms with Gasteiger partial charge in [0.2, 0.25) is 11.9 Å². The molecule has 0 saturated carbocycles. The van der Waals surface area contributed by atoms with Gasteiger partial charge in [-0.15, -0.1) is 5.10 Å². The predicted molar refractivity (Wildman–Crippen MR) is 85.7 cm³/mol. The van der Waals surface area contributed by atoms with E-state index in [4.69, 9.17) is 23.1 Å². The summed E-state index contributed by atoms with van der Waals surface area (Å²) in [5, 5.41) is 6.82. The number of hydrogen-bond donors (Lipinski definition) is 3. The number of benzene rings is 1. The Labute approximate surface area is 140 Å². The van der Waals surface area contributed by atoms with Crippen LogP contribution in [0.4, 0.5) is 25.1 Å². The molecule has 24 heavy (non-hydrogen) atoms. The van der Waals surface area contributed by atoms with Crippen LogP contribution in [0.2, 0.25) is 5.02 Å². The summed E-state index contributed by atoms with van der Waals surface area (Å²) in [6.07, 6.45) is -2.41. The molecule has 2 aromatic rings. The van der Waals surface area contributed by atoms with Crippen LogP contribution in [-0.2, 0) is 6.18 Å². The van der Waals surface area contributed by atoms with E-state index in [0.29, 0.717) is 25.1 Å². The molecule has 6 nitrogen and oxygen atoms in total. The number of alkyl halides is 3. The molecule has 0 saturated heterocycles. The van der Waals surface area contributed by atoms with E-state index in [9.17, 15) is 13.2 Å². The summed E-state index contributed by atoms with van der Waals surface area (Å²) in [7, 11) is 0. The Morgan fingerprint density at radius 3 is 2.54 bits per heavy atom. The molecule has 0 amide bonds. The quantitative estimate of drug-likeness (QED) is 0.766. The third kappa shape index (κ3) is 3.04. The third-order valence-electron chi connectivity index (χ3n) is 3.66. The number of halogens is 4. The van der Waals surface area contributed by atoms with E-state index < -0.39 is 11.7 Å². The summed E-state index contributed by atoms with van der Waals surface area (Å²) < 4.78 is 41.8. The summed E-state index contributed by atoms with van der Waals surface area (Å²) in [5.74, 6) is -0.257. The van der Waals surface area contributed by atoms with E-state index in [0.717, 1.165) is 10.7 Å². The lowest BCUT2D eigenvalue weighted by Gasteiger charge is -2.21. The van der Waals surface area contributed by atoms with Crippen molar-refractivity contribution in [1.29, 1.82) is 0 Å². The van der Waals surface area contributed by atoms with Crippen molar-refractivity contribution in [1.82, 2.24) is 20.1 Å². The third-order valence-corrected chi connectivity index (χ3v) is 3.96. The van der Waals surface area contributed by atoms with Crippen molar-refractivity contribution in [3.8, 4) is 5.69 Å². The minimum atomic E-state index is -4.58. The van der Waals surface area contributed by atoms with Gasteiger partial charge in [-0.1, -0.05) is 17.7 Å². The van der Waals surface area contributed by atoms with Crippen LogP contribution < -0.4 is 16.8 Å². The minimum absolute atomic E-state index is 0.0129. The molecule has 1 aromatic heterocycles. The number of hydrogen-bond acceptors (Lipinski definition) is 5. The first-order chi connectivity index (χ1) is 11.3. The Balaban J connectivity index is 2.21. The van der Waals surface area contributed by atoms with Crippen molar-refractivity contribution in [3.05, 3.63) is 34.4 Å². The lowest BCUT2D eigenvalue weighted by atomic mass is 9.94. The highest BCUT2D eigenvalue weighted by molar-refractivity contribution is 6.32. The first-order valence-electron chi connectivity index (χ1n) is 7.06. The van der Waals surface area contributed by atoms with Crippen LogP contribution in [0.5, 0.6) is 0 Å². The molecule has 128 valence electrons. The van der Waals surface area contributed by atoms with Crippen LogP contribution in [0.1, 0.15) is 17.5 Å². The average Bonchev–Trinajstić information content (AvgIpc) is 2.85. The second kappa shape index (κ2) is 5.99. The number of nitrogen functional groups attached to an aromatic ring is 2. The highest BCUT2D eigenvalue weighted by Gasteiger charge is 2.36. The smallest absolute Gasteiger partial charge is 0.368 e. The number of nitrogens with two attached hydrogens (primary N) is 2. The van der Waals surface area contributed by atoms with Gasteiger partial charge in [0.1, 0.15) is 0 Å². The Bertz CT molecular complexity index is 812. The summed E-state index contributed by atoms with van der Waals surface area (Å²) in [6, 6.07) is 2.33. The summed E-state index contributed by atoms with van der Waals surface area (Å²) in [4.78, 5) is 3.68. The Kier molecular flexibility index (Phi) is 4.14. The van der Waals surface area contributed by atoms with Crippen molar-refractivity contribution in [2.24, 2.45) is 0 Å². The number of nitrogens with one attached hydrogen (secondary N) is 1. The average molecular weight is 359 g/mol. The summed E-state index contributed by atoms with van der Waals surface area (Å²) in [6.45, 7) is 1.09. The fourth-order valence-electron chi connectivity index (χ4n) is 2.64. The molecule has 0 bridgehead atoms. The zero-order valence-electron chi connectivity index (χ0n) is 12.4. The molecule has 0 unspecified atom stereocenters. The van der Waals surface area contributed by atoms with Crippen molar-refractivity contribution in [3.63, 3.8) is 0 Å². The van der Waals surface area contributed by atoms with E-state index in [1.165, 1.54) is 6.07 Å². The van der Waals surface area contributed by atoms with Gasteiger partial charge < -0.3 is 16.8 Å². The number of rotatable bonds is 2. The van der Waals surface area contributed by atoms with Gasteiger partial charge in [-0.05, 0) is 30.7 Å². The lowest BCUT2D eigenvalue weighted by Crippen LogP contribution is -2.21. The van der Waals surface area contributed by atoms with Gasteiger partial charge >= 0.3 is 6.18 Å². The molecular weight excluding hydrogens is 345 g/mol. The second-order valence-electron chi connectivity index (χ2n) is 5.27. The van der Waals surface area contributed by atoms with E-state index in [1.807, 2.05) is 0 Å². The monoisotopic (exact) mass is 358 g/mol. The van der Waals surface area contributed by atoms with E-state index in [1.54, 1.807) is 6.08 Å². The van der Waals surface area contributed by atoms with Crippen LogP contribution in [0, 0.1) is 0 Å². The molecule has 1 aromatic carbocycles. The molecule has 3 rings (SSSR count). The molecule has 0 radical (unpaired) electrons. The largest absolute Gasteiger partial charge is 0.417 e. The molecule has 2 heterocycles. The normalized spacial score (nSPS) is 15.4. The zero-order chi connectivity index (χ0) is 17.5. The number of anilines is 2. The van der Waals surface area contributed by atoms with Gasteiger partial charge in [0.25, 0.3) is 0 Å². The Hall–Kier alpha value is -2.26. The van der Waals surface area contributed by atoms with E-state index in [2.05, 4.69) is 15.4 Å². The topological polar surface area (TPSA) is 94.8 Å². The van der Waals surface area contributed by atoms with Gasteiger partial charge in [0, 0.05) is 12.1 Å². The Morgan fingerprint density at radius 2 is 2.00 bits per heavy atom. The maximum Gasteiger partial charge on any atom is 0.417 e. The SMILES string of the molecule is Nc1nc(N)n(-c2cc(Cl)c(C3=CCNCC3)c(C(F)(F)F)c2)n1. The second-order valence-corrected chi connectivity index (χ2v) is 5.68. The highest BCUT2D eigenvalue weighted by Crippen LogP contribution is 2.41. The molecule has 5 N–H and O–H groups in total. The first-order valence-corrected chi connectivity index (χ1v) is 7.44. The van der Waals surface area contributed by atoms with Crippen molar-refractivity contribution >= 4 is 29.1 Å². The molecule has 0 fully saturated rings. The van der Waals surface area contributed by atoms with Crippen LogP contribution in [-0.4, -0.2) is 27.9 Å². The van der Waals surface area contributed by atoms with Crippen LogP contribution >= 0.6 is 11.6 Å². The standard InChI is InChI=1S/C14H14ClF3N6/c15-10-6-8(24-13(20)22-12(19)23-24)5-9(14(16,17)18)11(10)7-1-3-21-4-2-7/h1,5-6,21H,2-4H2,(H4,19,20,22,23). The molecule has 1 aliphatic heterocycles. The van der Waals surface area contributed by atoms with Crippen LogP contribution in [0.15, 0.2) is 18.2 Å². The van der Waals surface area contributed by atoms with E-state index in [-0.39, 0.29) is 28.2 Å². The molecule has 0 aliphatic carbocycles. The van der Waals surface area contributed by atoms with E-state index >= 15 is 0 Å². The maximum absolute atomic E-state index is 13.6. The van der Waals surface area contributed by atoms with Crippen molar-refractivity contribution < 1.29 is 13.2 Å². The molecule has 0 spiro atoms. The van der Waals surface area contributed by atoms with Gasteiger partial charge in [-0.25, -0.2) is 0 Å². The summed E-state index contributed by atoms with van der Waals surface area (Å²) in [5.41, 5.74) is 10.8. The molecule has 0 atom stereocenters. The van der Waals surface area contributed by atoms with Crippen molar-refractivity contribution in [2.45, 2.75) is 12.6 Å². The fourth-order valence-corrected chi connectivity index (χ4v) is 2.98. The lowest BCUT2D eigenvalue weighted by molar-refractivity contribution is -0.137. The van der Waals surface area contributed by atoms with Gasteiger partial charge in [0.15, 0.2) is 0 Å².